The molecule has 0 bridgehead atoms. The van der Waals surface area contributed by atoms with E-state index < -0.39 is 0 Å². The molecule has 12 heavy (non-hydrogen) atoms. The molecule has 0 atom stereocenters. The number of hydrogen-bond donors (Lipinski definition) is 1. The van der Waals surface area contributed by atoms with Gasteiger partial charge in [-0.2, -0.15) is 4.98 Å². The summed E-state index contributed by atoms with van der Waals surface area (Å²) in [5, 5.41) is 12.2. The Bertz CT molecular complexity index is 234. The highest BCUT2D eigenvalue weighted by Crippen LogP contribution is 1.98. The normalized spacial score (nSPS) is 11.0. The van der Waals surface area contributed by atoms with E-state index in [-0.39, 0.29) is 6.61 Å². The summed E-state index contributed by atoms with van der Waals surface area (Å²) in [5.74, 6) is 0.927. The Morgan fingerprint density at radius 2 is 2.25 bits per heavy atom. The number of aliphatic hydroxyl groups is 1. The number of aliphatic hydroxyl groups excluding tert-OH is 1. The fourth-order valence-electron chi connectivity index (χ4n) is 0.775. The maximum atomic E-state index is 8.63. The molecule has 0 saturated carbocycles. The van der Waals surface area contributed by atoms with Crippen LogP contribution in [0.3, 0.4) is 0 Å². The van der Waals surface area contributed by atoms with Gasteiger partial charge in [-0.3, -0.25) is 0 Å². The molecule has 1 N–H and O–H groups in total. The van der Waals surface area contributed by atoms with Gasteiger partial charge in [0.25, 0.3) is 0 Å². The number of likely N-dealkylation sites (N-methyl/N-ethyl adjacent to an activating group) is 1. The van der Waals surface area contributed by atoms with Crippen molar-refractivity contribution in [3.8, 4) is 0 Å². The summed E-state index contributed by atoms with van der Waals surface area (Å²) < 4.78 is 4.86. The molecule has 0 fully saturated rings. The average molecular weight is 171 g/mol. The fraction of sp³-hybridized carbons (Fsp3) is 0.714. The summed E-state index contributed by atoms with van der Waals surface area (Å²) in [6, 6.07) is 0. The summed E-state index contributed by atoms with van der Waals surface area (Å²) in [7, 11) is 3.95. The number of hydrogen-bond acceptors (Lipinski definition) is 5. The van der Waals surface area contributed by atoms with E-state index in [0.29, 0.717) is 11.7 Å². The monoisotopic (exact) mass is 171 g/mol. The van der Waals surface area contributed by atoms with E-state index in [2.05, 4.69) is 10.1 Å². The zero-order valence-electron chi connectivity index (χ0n) is 7.32. The number of rotatable bonds is 4. The highest BCUT2D eigenvalue weighted by Gasteiger charge is 2.04. The van der Waals surface area contributed by atoms with Gasteiger partial charge in [0.05, 0.1) is 0 Å². The zero-order valence-corrected chi connectivity index (χ0v) is 7.32. The van der Waals surface area contributed by atoms with Crippen LogP contribution in [0.15, 0.2) is 4.52 Å². The molecule has 1 aromatic heterocycles. The van der Waals surface area contributed by atoms with E-state index in [1.165, 1.54) is 0 Å². The van der Waals surface area contributed by atoms with Crippen LogP contribution >= 0.6 is 0 Å². The Kier molecular flexibility index (Phi) is 3.19. The predicted octanol–water partition coefficient (Wildman–Crippen LogP) is -0.334. The second kappa shape index (κ2) is 4.18. The predicted molar refractivity (Wildman–Crippen MR) is 42.5 cm³/mol. The number of aromatic nitrogens is 2. The molecule has 0 radical (unpaired) electrons. The highest BCUT2D eigenvalue weighted by atomic mass is 16.5. The molecule has 1 aromatic rings. The Hall–Kier alpha value is -0.940. The van der Waals surface area contributed by atoms with Gasteiger partial charge in [-0.25, -0.2) is 0 Å². The SMILES string of the molecule is CN(C)CCc1nc(CO)no1. The lowest BCUT2D eigenvalue weighted by molar-refractivity contribution is 0.262. The molecule has 0 aliphatic rings. The Balaban J connectivity index is 2.41. The van der Waals surface area contributed by atoms with Gasteiger partial charge < -0.3 is 14.5 Å². The van der Waals surface area contributed by atoms with Crippen molar-refractivity contribution in [2.45, 2.75) is 13.0 Å². The lowest BCUT2D eigenvalue weighted by atomic mass is 10.4. The van der Waals surface area contributed by atoms with Crippen molar-refractivity contribution in [2.24, 2.45) is 0 Å². The molecule has 0 spiro atoms. The van der Waals surface area contributed by atoms with Crippen molar-refractivity contribution >= 4 is 0 Å². The second-order valence-electron chi connectivity index (χ2n) is 2.82. The standard InChI is InChI=1S/C7H13N3O2/c1-10(2)4-3-7-8-6(5-11)9-12-7/h11H,3-5H2,1-2H3. The van der Waals surface area contributed by atoms with Crippen LogP contribution in [0.1, 0.15) is 11.7 Å². The molecule has 0 aliphatic carbocycles. The van der Waals surface area contributed by atoms with Crippen LogP contribution in [-0.4, -0.2) is 40.8 Å². The van der Waals surface area contributed by atoms with Gasteiger partial charge in [-0.15, -0.1) is 0 Å². The van der Waals surface area contributed by atoms with E-state index in [1.807, 2.05) is 19.0 Å². The maximum Gasteiger partial charge on any atom is 0.228 e. The van der Waals surface area contributed by atoms with Crippen LogP contribution in [0.25, 0.3) is 0 Å². The first kappa shape index (κ1) is 9.15. The maximum absolute atomic E-state index is 8.63. The van der Waals surface area contributed by atoms with E-state index in [1.54, 1.807) is 0 Å². The Labute approximate surface area is 71.0 Å². The summed E-state index contributed by atoms with van der Waals surface area (Å²) in [6.45, 7) is 0.707. The largest absolute Gasteiger partial charge is 0.388 e. The molecule has 1 heterocycles. The second-order valence-corrected chi connectivity index (χ2v) is 2.82. The topological polar surface area (TPSA) is 62.4 Å². The van der Waals surface area contributed by atoms with E-state index >= 15 is 0 Å². The summed E-state index contributed by atoms with van der Waals surface area (Å²) in [5.41, 5.74) is 0. The Morgan fingerprint density at radius 1 is 1.50 bits per heavy atom. The summed E-state index contributed by atoms with van der Waals surface area (Å²) in [4.78, 5) is 5.98. The van der Waals surface area contributed by atoms with Gasteiger partial charge in [0.1, 0.15) is 6.61 Å². The molecule has 0 aliphatic heterocycles. The minimum atomic E-state index is -0.161. The van der Waals surface area contributed by atoms with Gasteiger partial charge in [0, 0.05) is 13.0 Å². The van der Waals surface area contributed by atoms with Gasteiger partial charge in [0.15, 0.2) is 5.82 Å². The molecule has 1 rings (SSSR count). The van der Waals surface area contributed by atoms with Crippen molar-refractivity contribution in [1.29, 1.82) is 0 Å². The fourth-order valence-corrected chi connectivity index (χ4v) is 0.775. The van der Waals surface area contributed by atoms with Crippen molar-refractivity contribution in [3.63, 3.8) is 0 Å². The molecule has 0 saturated heterocycles. The molecule has 68 valence electrons. The molecule has 0 amide bonds. The van der Waals surface area contributed by atoms with Gasteiger partial charge in [0.2, 0.25) is 5.89 Å². The van der Waals surface area contributed by atoms with Crippen LogP contribution < -0.4 is 0 Å². The minimum absolute atomic E-state index is 0.161. The smallest absolute Gasteiger partial charge is 0.228 e. The van der Waals surface area contributed by atoms with Crippen LogP contribution in [0.4, 0.5) is 0 Å². The number of nitrogens with zero attached hydrogens (tertiary/aromatic N) is 3. The molecule has 5 nitrogen and oxygen atoms in total. The molecule has 0 aromatic carbocycles. The summed E-state index contributed by atoms with van der Waals surface area (Å²) >= 11 is 0. The molecular weight excluding hydrogens is 158 g/mol. The van der Waals surface area contributed by atoms with Gasteiger partial charge in [-0.1, -0.05) is 5.16 Å². The van der Waals surface area contributed by atoms with Gasteiger partial charge in [-0.05, 0) is 14.1 Å². The van der Waals surface area contributed by atoms with Crippen molar-refractivity contribution in [2.75, 3.05) is 20.6 Å². The third-order valence-electron chi connectivity index (χ3n) is 1.42. The lowest BCUT2D eigenvalue weighted by Gasteiger charge is -2.05. The molecule has 0 unspecified atom stereocenters. The van der Waals surface area contributed by atoms with Gasteiger partial charge >= 0.3 is 0 Å². The van der Waals surface area contributed by atoms with Crippen molar-refractivity contribution < 1.29 is 9.63 Å². The van der Waals surface area contributed by atoms with Crippen LogP contribution in [0, 0.1) is 0 Å². The zero-order chi connectivity index (χ0) is 8.97. The Morgan fingerprint density at radius 3 is 2.75 bits per heavy atom. The van der Waals surface area contributed by atoms with Crippen LogP contribution in [0.5, 0.6) is 0 Å². The highest BCUT2D eigenvalue weighted by molar-refractivity contribution is 4.84. The van der Waals surface area contributed by atoms with Crippen molar-refractivity contribution in [1.82, 2.24) is 15.0 Å². The minimum Gasteiger partial charge on any atom is -0.388 e. The quantitative estimate of drug-likeness (QED) is 0.671. The van der Waals surface area contributed by atoms with E-state index in [4.69, 9.17) is 9.63 Å². The van der Waals surface area contributed by atoms with Crippen LogP contribution in [0.2, 0.25) is 0 Å². The van der Waals surface area contributed by atoms with Crippen LogP contribution in [-0.2, 0) is 13.0 Å². The third-order valence-corrected chi connectivity index (χ3v) is 1.42. The molecule has 5 heteroatoms. The van der Waals surface area contributed by atoms with E-state index in [9.17, 15) is 0 Å². The van der Waals surface area contributed by atoms with Crippen molar-refractivity contribution in [3.05, 3.63) is 11.7 Å². The first-order valence-corrected chi connectivity index (χ1v) is 3.79. The lowest BCUT2D eigenvalue weighted by Crippen LogP contribution is -2.15. The summed E-state index contributed by atoms with van der Waals surface area (Å²) in [6.07, 6.45) is 0.722. The third kappa shape index (κ3) is 2.60. The molecular formula is C7H13N3O2. The average Bonchev–Trinajstić information content (AvgIpc) is 2.48. The first-order chi connectivity index (χ1) is 5.72. The first-order valence-electron chi connectivity index (χ1n) is 3.79. The van der Waals surface area contributed by atoms with E-state index in [0.717, 1.165) is 13.0 Å².